The largest absolute Gasteiger partial charge is 0.309 e. The molecular weight excluding hydrogens is 300 g/mol. The van der Waals surface area contributed by atoms with Crippen LogP contribution in [0.25, 0.3) is 0 Å². The first-order valence-corrected chi connectivity index (χ1v) is 7.71. The van der Waals surface area contributed by atoms with Crippen LogP contribution in [0.3, 0.4) is 0 Å². The second-order valence-electron chi connectivity index (χ2n) is 3.83. The predicted octanol–water partition coefficient (Wildman–Crippen LogP) is 0.878. The van der Waals surface area contributed by atoms with Gasteiger partial charge in [0.1, 0.15) is 0 Å². The second-order valence-corrected chi connectivity index (χ2v) is 5.47. The summed E-state index contributed by atoms with van der Waals surface area (Å²) in [4.78, 5) is 9.96. The fourth-order valence-electron chi connectivity index (χ4n) is 1.36. The molecule has 0 radical (unpaired) electrons. The van der Waals surface area contributed by atoms with Gasteiger partial charge in [0.2, 0.25) is 0 Å². The number of hydrogen-bond acceptors (Lipinski definition) is 8. The second kappa shape index (κ2) is 7.57. The number of nitro benzene ring substituents is 1. The number of nitrogens with one attached hydrogen (secondary N) is 2. The van der Waals surface area contributed by atoms with Gasteiger partial charge in [-0.1, -0.05) is 0 Å². The standard InChI is InChI=1S/C8H8N4O2.C3H8O3S/c13-12(14)8-3-1-7(2-4-8)11-6-5-9-10-11;1-3-6-7(2,4)5/h1-6,9-10H;3H2,1-2H3. The van der Waals surface area contributed by atoms with Crippen LogP contribution in [0, 0.1) is 10.1 Å². The monoisotopic (exact) mass is 316 g/mol. The summed E-state index contributed by atoms with van der Waals surface area (Å²) in [5.41, 5.74) is 6.51. The van der Waals surface area contributed by atoms with Gasteiger partial charge >= 0.3 is 0 Å². The summed E-state index contributed by atoms with van der Waals surface area (Å²) in [6, 6.07) is 6.26. The summed E-state index contributed by atoms with van der Waals surface area (Å²) in [5.74, 6) is 0. The fraction of sp³-hybridized carbons (Fsp3) is 0.273. The van der Waals surface area contributed by atoms with E-state index in [0.717, 1.165) is 11.9 Å². The summed E-state index contributed by atoms with van der Waals surface area (Å²) in [7, 11) is -3.17. The Balaban J connectivity index is 0.000000270. The minimum absolute atomic E-state index is 0.0879. The molecule has 0 aromatic heterocycles. The Labute approximate surface area is 122 Å². The topological polar surface area (TPSA) is 114 Å². The Morgan fingerprint density at radius 2 is 1.95 bits per heavy atom. The van der Waals surface area contributed by atoms with Gasteiger partial charge in [0, 0.05) is 24.5 Å². The van der Waals surface area contributed by atoms with E-state index in [1.165, 1.54) is 12.1 Å². The molecule has 21 heavy (non-hydrogen) atoms. The number of non-ortho nitro benzene ring substituents is 1. The summed E-state index contributed by atoms with van der Waals surface area (Å²) in [6.45, 7) is 1.85. The Kier molecular flexibility index (Phi) is 6.09. The highest BCUT2D eigenvalue weighted by atomic mass is 32.2. The normalized spacial score (nSPS) is 13.3. The third-order valence-electron chi connectivity index (χ3n) is 2.16. The average molecular weight is 316 g/mol. The third kappa shape index (κ3) is 6.21. The van der Waals surface area contributed by atoms with Gasteiger partial charge in [-0.2, -0.15) is 8.42 Å². The maximum absolute atomic E-state index is 10.4. The van der Waals surface area contributed by atoms with Crippen molar-refractivity contribution >= 4 is 21.5 Å². The predicted molar refractivity (Wildman–Crippen MR) is 77.5 cm³/mol. The molecule has 1 aromatic carbocycles. The molecular formula is C11H16N4O5S. The van der Waals surface area contributed by atoms with Crippen molar-refractivity contribution in [3.63, 3.8) is 0 Å². The number of nitrogens with zero attached hydrogens (tertiary/aromatic N) is 2. The number of hydrogen-bond donors (Lipinski definition) is 2. The van der Waals surface area contributed by atoms with Gasteiger partial charge in [-0.15, -0.1) is 5.53 Å². The summed E-state index contributed by atoms with van der Waals surface area (Å²) < 4.78 is 24.2. The van der Waals surface area contributed by atoms with E-state index in [0.29, 0.717) is 0 Å². The molecule has 116 valence electrons. The lowest BCUT2D eigenvalue weighted by Gasteiger charge is -2.14. The zero-order valence-corrected chi connectivity index (χ0v) is 12.3. The molecule has 0 spiro atoms. The minimum Gasteiger partial charge on any atom is -0.309 e. The maximum atomic E-state index is 10.4. The SMILES string of the molecule is CCOS(C)(=O)=O.O=[N+]([O-])c1ccc(N2C=CNN2)cc1. The minimum atomic E-state index is -3.17. The molecule has 9 nitrogen and oxygen atoms in total. The summed E-state index contributed by atoms with van der Waals surface area (Å²) in [6.07, 6.45) is 4.53. The van der Waals surface area contributed by atoms with Crippen molar-refractivity contribution < 1.29 is 17.5 Å². The van der Waals surface area contributed by atoms with Crippen LogP contribution in [0.15, 0.2) is 36.7 Å². The van der Waals surface area contributed by atoms with E-state index in [9.17, 15) is 18.5 Å². The molecule has 1 aliphatic heterocycles. The van der Waals surface area contributed by atoms with Crippen molar-refractivity contribution in [3.05, 3.63) is 46.8 Å². The number of hydrazine groups is 2. The number of benzene rings is 1. The van der Waals surface area contributed by atoms with Crippen LogP contribution >= 0.6 is 0 Å². The molecule has 2 N–H and O–H groups in total. The van der Waals surface area contributed by atoms with E-state index in [1.807, 2.05) is 0 Å². The molecule has 10 heteroatoms. The van der Waals surface area contributed by atoms with Crippen LogP contribution in [0.2, 0.25) is 0 Å². The van der Waals surface area contributed by atoms with E-state index >= 15 is 0 Å². The zero-order valence-electron chi connectivity index (χ0n) is 11.5. The molecule has 0 saturated heterocycles. The van der Waals surface area contributed by atoms with E-state index in [2.05, 4.69) is 15.1 Å². The highest BCUT2D eigenvalue weighted by Gasteiger charge is 2.08. The van der Waals surface area contributed by atoms with E-state index in [1.54, 1.807) is 36.5 Å². The van der Waals surface area contributed by atoms with Crippen LogP contribution in [0.1, 0.15) is 6.92 Å². The smallest absolute Gasteiger partial charge is 0.269 e. The summed E-state index contributed by atoms with van der Waals surface area (Å²) in [5, 5.41) is 12.1. The van der Waals surface area contributed by atoms with Crippen molar-refractivity contribution in [1.82, 2.24) is 11.0 Å². The molecule has 0 unspecified atom stereocenters. The molecule has 1 aliphatic rings. The molecule has 0 amide bonds. The van der Waals surface area contributed by atoms with Crippen molar-refractivity contribution in [2.45, 2.75) is 6.92 Å². The third-order valence-corrected chi connectivity index (χ3v) is 2.83. The van der Waals surface area contributed by atoms with Crippen molar-refractivity contribution in [3.8, 4) is 0 Å². The lowest BCUT2D eigenvalue weighted by molar-refractivity contribution is -0.384. The quantitative estimate of drug-likeness (QED) is 0.478. The van der Waals surface area contributed by atoms with Crippen molar-refractivity contribution in [2.75, 3.05) is 17.9 Å². The van der Waals surface area contributed by atoms with Gasteiger partial charge in [-0.05, 0) is 19.1 Å². The summed E-state index contributed by atoms with van der Waals surface area (Å²) >= 11 is 0. The molecule has 0 aliphatic carbocycles. The average Bonchev–Trinajstić information content (AvgIpc) is 2.92. The zero-order chi connectivity index (χ0) is 15.9. The van der Waals surface area contributed by atoms with E-state index in [-0.39, 0.29) is 12.3 Å². The van der Waals surface area contributed by atoms with Crippen LogP contribution in [-0.4, -0.2) is 26.2 Å². The first-order chi connectivity index (χ1) is 9.83. The Bertz CT molecular complexity index is 600. The number of anilines is 1. The van der Waals surface area contributed by atoms with Gasteiger partial charge < -0.3 is 5.43 Å². The highest BCUT2D eigenvalue weighted by molar-refractivity contribution is 7.85. The van der Waals surface area contributed by atoms with Gasteiger partial charge in [0.25, 0.3) is 15.8 Å². The Hall–Kier alpha value is -2.17. The van der Waals surface area contributed by atoms with Gasteiger partial charge in [-0.3, -0.25) is 19.3 Å². The molecule has 0 bridgehead atoms. The first kappa shape index (κ1) is 16.9. The first-order valence-electron chi connectivity index (χ1n) is 5.89. The highest BCUT2D eigenvalue weighted by Crippen LogP contribution is 2.18. The maximum Gasteiger partial charge on any atom is 0.269 e. The van der Waals surface area contributed by atoms with Gasteiger partial charge in [-0.25, -0.2) is 0 Å². The number of rotatable bonds is 4. The van der Waals surface area contributed by atoms with Gasteiger partial charge in [0.15, 0.2) is 0 Å². The van der Waals surface area contributed by atoms with E-state index < -0.39 is 15.0 Å². The molecule has 2 rings (SSSR count). The lowest BCUT2D eigenvalue weighted by atomic mass is 10.3. The number of nitro groups is 1. The Morgan fingerprint density at radius 1 is 1.33 bits per heavy atom. The Morgan fingerprint density at radius 3 is 2.29 bits per heavy atom. The van der Waals surface area contributed by atoms with Crippen LogP contribution in [0.4, 0.5) is 11.4 Å². The lowest BCUT2D eigenvalue weighted by Crippen LogP contribution is -2.35. The molecule has 0 atom stereocenters. The molecule has 0 fully saturated rings. The molecule has 0 saturated carbocycles. The molecule has 1 aromatic rings. The van der Waals surface area contributed by atoms with Crippen molar-refractivity contribution in [1.29, 1.82) is 0 Å². The van der Waals surface area contributed by atoms with Gasteiger partial charge in [0.05, 0.1) is 23.5 Å². The van der Waals surface area contributed by atoms with Crippen LogP contribution in [0.5, 0.6) is 0 Å². The molecule has 1 heterocycles. The van der Waals surface area contributed by atoms with E-state index in [4.69, 9.17) is 0 Å². The fourth-order valence-corrected chi connectivity index (χ4v) is 1.78. The van der Waals surface area contributed by atoms with Crippen molar-refractivity contribution in [2.24, 2.45) is 0 Å². The van der Waals surface area contributed by atoms with Crippen LogP contribution < -0.4 is 16.0 Å². The van der Waals surface area contributed by atoms with Crippen LogP contribution in [-0.2, 0) is 14.3 Å².